The lowest BCUT2D eigenvalue weighted by atomic mass is 9.84. The molecule has 2 bridgehead atoms. The van der Waals surface area contributed by atoms with Gasteiger partial charge in [-0.2, -0.15) is 0 Å². The number of carbonyl (C=O) groups is 1. The van der Waals surface area contributed by atoms with Crippen LogP contribution in [0.5, 0.6) is 0 Å². The van der Waals surface area contributed by atoms with Gasteiger partial charge in [-0.25, -0.2) is 0 Å². The van der Waals surface area contributed by atoms with Crippen molar-refractivity contribution in [3.63, 3.8) is 0 Å². The number of hydrogen-bond donors (Lipinski definition) is 1. The summed E-state index contributed by atoms with van der Waals surface area (Å²) in [6.07, 6.45) is 5.40. The molecule has 1 aromatic carbocycles. The molecule has 0 unspecified atom stereocenters. The average Bonchev–Trinajstić information content (AvgIpc) is 3.57. The topological polar surface area (TPSA) is 59.8 Å². The zero-order valence-corrected chi connectivity index (χ0v) is 19.7. The van der Waals surface area contributed by atoms with Crippen LogP contribution in [0.4, 0.5) is 5.69 Å². The van der Waals surface area contributed by atoms with Crippen LogP contribution in [-0.4, -0.2) is 26.4 Å². The van der Waals surface area contributed by atoms with Gasteiger partial charge in [0.15, 0.2) is 11.0 Å². The van der Waals surface area contributed by atoms with Crippen molar-refractivity contribution in [3.05, 3.63) is 46.8 Å². The highest BCUT2D eigenvalue weighted by atomic mass is 35.5. The number of rotatable bonds is 7. The number of aromatic nitrogens is 3. The van der Waals surface area contributed by atoms with Crippen LogP contribution in [0.25, 0.3) is 10.7 Å². The minimum Gasteiger partial charge on any atom is -0.324 e. The third kappa shape index (κ3) is 4.28. The summed E-state index contributed by atoms with van der Waals surface area (Å²) in [7, 11) is 0. The van der Waals surface area contributed by atoms with E-state index in [4.69, 9.17) is 11.6 Å². The number of fused-ring (bicyclic) bond motifs is 2. The van der Waals surface area contributed by atoms with Gasteiger partial charge in [-0.3, -0.25) is 9.36 Å². The number of nitrogens with zero attached hydrogens (tertiary/aromatic N) is 3. The lowest BCUT2D eigenvalue weighted by Crippen LogP contribution is -2.23. The molecular weight excluding hydrogens is 448 g/mol. The van der Waals surface area contributed by atoms with Crippen LogP contribution in [0.1, 0.15) is 38.6 Å². The number of anilines is 1. The van der Waals surface area contributed by atoms with Crippen LogP contribution in [0.15, 0.2) is 46.9 Å². The van der Waals surface area contributed by atoms with E-state index in [9.17, 15) is 4.79 Å². The first-order chi connectivity index (χ1) is 15.1. The zero-order chi connectivity index (χ0) is 21.4. The van der Waals surface area contributed by atoms with Crippen LogP contribution in [0.3, 0.4) is 0 Å². The van der Waals surface area contributed by atoms with Gasteiger partial charge in [-0.05, 0) is 67.5 Å². The van der Waals surface area contributed by atoms with Gasteiger partial charge in [0.25, 0.3) is 0 Å². The highest BCUT2D eigenvalue weighted by Crippen LogP contribution is 2.53. The fourth-order valence-electron chi connectivity index (χ4n) is 5.27. The molecule has 2 saturated carbocycles. The third-order valence-corrected chi connectivity index (χ3v) is 8.84. The molecule has 0 saturated heterocycles. The number of thioether (sulfide) groups is 1. The number of carbonyl (C=O) groups excluding carboxylic acids is 1. The normalized spacial score (nSPS) is 23.2. The first kappa shape index (κ1) is 21.0. The predicted molar refractivity (Wildman–Crippen MR) is 128 cm³/mol. The molecule has 2 heterocycles. The van der Waals surface area contributed by atoms with Gasteiger partial charge in [0.2, 0.25) is 5.91 Å². The van der Waals surface area contributed by atoms with E-state index in [1.54, 1.807) is 23.5 Å². The van der Waals surface area contributed by atoms with Gasteiger partial charge >= 0.3 is 0 Å². The summed E-state index contributed by atoms with van der Waals surface area (Å²) in [6.45, 7) is 2.31. The van der Waals surface area contributed by atoms with Crippen LogP contribution >= 0.6 is 34.7 Å². The summed E-state index contributed by atoms with van der Waals surface area (Å²) < 4.78 is 2.28. The van der Waals surface area contributed by atoms with E-state index in [2.05, 4.69) is 38.5 Å². The van der Waals surface area contributed by atoms with Gasteiger partial charge in [-0.15, -0.1) is 21.5 Å². The largest absolute Gasteiger partial charge is 0.324 e. The van der Waals surface area contributed by atoms with Crippen LogP contribution in [0.2, 0.25) is 5.02 Å². The Hall–Kier alpha value is -1.83. The first-order valence-electron chi connectivity index (χ1n) is 10.8. The average molecular weight is 473 g/mol. The Morgan fingerprint density at radius 2 is 2.13 bits per heavy atom. The molecule has 4 atom stereocenters. The maximum absolute atomic E-state index is 12.6. The van der Waals surface area contributed by atoms with Crippen molar-refractivity contribution in [1.29, 1.82) is 0 Å². The van der Waals surface area contributed by atoms with E-state index in [0.29, 0.717) is 22.7 Å². The van der Waals surface area contributed by atoms with E-state index < -0.39 is 0 Å². The van der Waals surface area contributed by atoms with Crippen LogP contribution < -0.4 is 5.32 Å². The summed E-state index contributed by atoms with van der Waals surface area (Å²) in [5.41, 5.74) is 0.630. The summed E-state index contributed by atoms with van der Waals surface area (Å²) in [6, 6.07) is 11.7. The van der Waals surface area contributed by atoms with E-state index in [1.165, 1.54) is 37.4 Å². The monoisotopic (exact) mass is 472 g/mol. The molecule has 5 rings (SSSR count). The Morgan fingerprint density at radius 1 is 1.26 bits per heavy atom. The number of halogens is 1. The van der Waals surface area contributed by atoms with E-state index in [-0.39, 0.29) is 11.7 Å². The van der Waals surface area contributed by atoms with Gasteiger partial charge in [0.1, 0.15) is 0 Å². The summed E-state index contributed by atoms with van der Waals surface area (Å²) >= 11 is 9.29. The van der Waals surface area contributed by atoms with Crippen molar-refractivity contribution < 1.29 is 4.79 Å². The Balaban J connectivity index is 1.36. The molecule has 0 radical (unpaired) electrons. The first-order valence-corrected chi connectivity index (χ1v) is 13.0. The fourth-order valence-corrected chi connectivity index (χ4v) is 6.98. The molecule has 2 aliphatic rings. The Bertz CT molecular complexity index is 1070. The van der Waals surface area contributed by atoms with Crippen molar-refractivity contribution in [3.8, 4) is 10.7 Å². The zero-order valence-electron chi connectivity index (χ0n) is 17.3. The highest BCUT2D eigenvalue weighted by molar-refractivity contribution is 7.99. The number of benzene rings is 1. The molecule has 31 heavy (non-hydrogen) atoms. The van der Waals surface area contributed by atoms with Crippen LogP contribution in [0, 0.1) is 17.8 Å². The summed E-state index contributed by atoms with van der Waals surface area (Å²) in [5.74, 6) is 3.43. The molecule has 1 amide bonds. The number of thiophene rings is 1. The van der Waals surface area contributed by atoms with Gasteiger partial charge in [0.05, 0.1) is 21.3 Å². The number of hydrogen-bond acceptors (Lipinski definition) is 5. The second-order valence-electron chi connectivity index (χ2n) is 8.55. The Kier molecular flexibility index (Phi) is 6.08. The maximum atomic E-state index is 12.6. The minimum atomic E-state index is -0.0992. The fraction of sp³-hybridized carbons (Fsp3) is 0.435. The Labute approximate surface area is 195 Å². The molecule has 0 spiro atoms. The quantitative estimate of drug-likeness (QED) is 0.405. The molecule has 162 valence electrons. The van der Waals surface area contributed by atoms with Gasteiger partial charge in [0, 0.05) is 6.04 Å². The molecule has 2 fully saturated rings. The number of nitrogens with one attached hydrogen (secondary N) is 1. The molecular formula is C23H25ClN4OS2. The molecule has 0 aliphatic heterocycles. The van der Waals surface area contributed by atoms with Crippen molar-refractivity contribution in [2.24, 2.45) is 17.8 Å². The van der Waals surface area contributed by atoms with E-state index >= 15 is 0 Å². The van der Waals surface area contributed by atoms with Crippen molar-refractivity contribution in [2.75, 3.05) is 11.1 Å². The van der Waals surface area contributed by atoms with E-state index in [1.807, 2.05) is 18.2 Å². The predicted octanol–water partition coefficient (Wildman–Crippen LogP) is 6.39. The highest BCUT2D eigenvalue weighted by Gasteiger charge is 2.43. The SMILES string of the molecule is C[C@@H]([C@@H]1C[C@H]2CC[C@H]1C2)n1c(SCC(=O)Nc2ccccc2Cl)nnc1-c1cccs1. The smallest absolute Gasteiger partial charge is 0.234 e. The lowest BCUT2D eigenvalue weighted by Gasteiger charge is -2.30. The maximum Gasteiger partial charge on any atom is 0.234 e. The summed E-state index contributed by atoms with van der Waals surface area (Å²) in [4.78, 5) is 13.7. The molecule has 8 heteroatoms. The minimum absolute atomic E-state index is 0.0992. The molecule has 2 aliphatic carbocycles. The second kappa shape index (κ2) is 8.96. The Morgan fingerprint density at radius 3 is 2.84 bits per heavy atom. The van der Waals surface area contributed by atoms with Crippen molar-refractivity contribution >= 4 is 46.3 Å². The van der Waals surface area contributed by atoms with Crippen LogP contribution in [-0.2, 0) is 4.79 Å². The summed E-state index contributed by atoms with van der Waals surface area (Å²) in [5, 5.41) is 15.4. The molecule has 3 aromatic rings. The lowest BCUT2D eigenvalue weighted by molar-refractivity contribution is -0.113. The number of amides is 1. The molecule has 5 nitrogen and oxygen atoms in total. The van der Waals surface area contributed by atoms with Crippen molar-refractivity contribution in [1.82, 2.24) is 14.8 Å². The molecule has 2 aromatic heterocycles. The third-order valence-electron chi connectivity index (χ3n) is 6.71. The standard InChI is InChI=1S/C23H25ClN4OS2/c1-14(17-12-15-8-9-16(17)11-15)28-22(20-7-4-10-30-20)26-27-23(28)31-13-21(29)25-19-6-3-2-5-18(19)24/h2-7,10,14-17H,8-9,11-13H2,1H3,(H,25,29)/t14-,15-,16-,17-/m0/s1. The second-order valence-corrected chi connectivity index (χ2v) is 10.8. The van der Waals surface area contributed by atoms with Crippen molar-refractivity contribution in [2.45, 2.75) is 43.8 Å². The van der Waals surface area contributed by atoms with Gasteiger partial charge in [-0.1, -0.05) is 48.0 Å². The molecule has 1 N–H and O–H groups in total. The van der Waals surface area contributed by atoms with Gasteiger partial charge < -0.3 is 5.32 Å². The number of para-hydroxylation sites is 1. The van der Waals surface area contributed by atoms with E-state index in [0.717, 1.165) is 27.7 Å².